The monoisotopic (exact) mass is 363 g/mol. The van der Waals surface area contributed by atoms with Crippen LogP contribution in [-0.2, 0) is 0 Å². The van der Waals surface area contributed by atoms with E-state index in [0.717, 1.165) is 16.5 Å². The Hall–Kier alpha value is -2.99. The second kappa shape index (κ2) is 6.96. The van der Waals surface area contributed by atoms with Crippen LogP contribution < -0.4 is 10.7 Å². The number of nitrogens with zero attached hydrogens (tertiary/aromatic N) is 1. The van der Waals surface area contributed by atoms with Gasteiger partial charge in [0.25, 0.3) is 5.91 Å². The molecule has 3 aromatic rings. The van der Waals surface area contributed by atoms with Crippen LogP contribution in [0.3, 0.4) is 0 Å². The molecule has 1 fully saturated rings. The molecule has 1 aliphatic carbocycles. The molecule has 0 unspecified atom stereocenters. The average molecular weight is 363 g/mol. The van der Waals surface area contributed by atoms with E-state index in [1.54, 1.807) is 13.1 Å². The molecule has 4 rings (SSSR count). The van der Waals surface area contributed by atoms with E-state index in [1.807, 2.05) is 30.3 Å². The minimum Gasteiger partial charge on any atom is -0.393 e. The molecule has 1 amide bonds. The number of rotatable bonds is 4. The first kappa shape index (κ1) is 17.4. The van der Waals surface area contributed by atoms with Gasteiger partial charge in [-0.2, -0.15) is 0 Å². The fraction of sp³-hybridized carbons (Fsp3) is 0.286. The molecule has 138 valence electrons. The second-order valence-electron chi connectivity index (χ2n) is 7.19. The number of H-pyrrole nitrogens is 1. The van der Waals surface area contributed by atoms with Gasteiger partial charge in [0, 0.05) is 29.5 Å². The van der Waals surface area contributed by atoms with Crippen molar-refractivity contribution in [1.29, 1.82) is 0 Å². The molecule has 1 atom stereocenters. The molecule has 2 aromatic heterocycles. The van der Waals surface area contributed by atoms with Gasteiger partial charge in [-0.25, -0.2) is 0 Å². The van der Waals surface area contributed by atoms with Gasteiger partial charge in [0.05, 0.1) is 17.7 Å². The van der Waals surface area contributed by atoms with Gasteiger partial charge in [-0.3, -0.25) is 14.6 Å². The number of aliphatic hydroxyl groups is 1. The Balaban J connectivity index is 1.66. The fourth-order valence-corrected chi connectivity index (χ4v) is 3.60. The molecule has 0 bridgehead atoms. The molecular weight excluding hydrogens is 342 g/mol. The molecule has 1 saturated carbocycles. The van der Waals surface area contributed by atoms with E-state index < -0.39 is 5.91 Å². The quantitative estimate of drug-likeness (QED) is 0.664. The van der Waals surface area contributed by atoms with Gasteiger partial charge in [-0.05, 0) is 43.4 Å². The molecule has 6 nitrogen and oxygen atoms in total. The van der Waals surface area contributed by atoms with E-state index >= 15 is 0 Å². The maximum atomic E-state index is 12.7. The van der Waals surface area contributed by atoms with Crippen molar-refractivity contribution >= 4 is 16.8 Å². The average Bonchev–Trinajstić information content (AvgIpc) is 2.63. The van der Waals surface area contributed by atoms with E-state index in [4.69, 9.17) is 0 Å². The lowest BCUT2D eigenvalue weighted by molar-refractivity contribution is 0.0235. The van der Waals surface area contributed by atoms with Gasteiger partial charge in [0.1, 0.15) is 5.56 Å². The zero-order valence-electron chi connectivity index (χ0n) is 15.0. The number of para-hydroxylation sites is 1. The number of fused-ring (bicyclic) bond motifs is 1. The molecule has 3 N–H and O–H groups in total. The van der Waals surface area contributed by atoms with Gasteiger partial charge < -0.3 is 15.4 Å². The zero-order chi connectivity index (χ0) is 19.0. The zero-order valence-corrected chi connectivity index (χ0v) is 15.0. The Labute approximate surface area is 156 Å². The van der Waals surface area contributed by atoms with Crippen molar-refractivity contribution in [2.24, 2.45) is 5.92 Å². The third-order valence-corrected chi connectivity index (χ3v) is 5.18. The van der Waals surface area contributed by atoms with Crippen LogP contribution in [-0.4, -0.2) is 27.1 Å². The van der Waals surface area contributed by atoms with Crippen molar-refractivity contribution in [1.82, 2.24) is 15.3 Å². The fourth-order valence-electron chi connectivity index (χ4n) is 3.60. The lowest BCUT2D eigenvalue weighted by Gasteiger charge is -2.38. The van der Waals surface area contributed by atoms with E-state index in [9.17, 15) is 14.7 Å². The van der Waals surface area contributed by atoms with Crippen LogP contribution in [0, 0.1) is 12.8 Å². The highest BCUT2D eigenvalue weighted by Crippen LogP contribution is 2.38. The van der Waals surface area contributed by atoms with Gasteiger partial charge in [0.15, 0.2) is 5.43 Å². The van der Waals surface area contributed by atoms with Crippen LogP contribution in [0.2, 0.25) is 0 Å². The lowest BCUT2D eigenvalue weighted by Crippen LogP contribution is -2.42. The smallest absolute Gasteiger partial charge is 0.257 e. The van der Waals surface area contributed by atoms with E-state index in [-0.39, 0.29) is 29.1 Å². The van der Waals surface area contributed by atoms with Crippen molar-refractivity contribution in [2.45, 2.75) is 31.9 Å². The molecule has 6 heteroatoms. The number of aryl methyl sites for hydroxylation is 1. The SMILES string of the molecule is Cc1cc(=O)c(C(=O)N[C@@H](c2cnc3ccccc3c2)C2CC(O)C2)c[nH]1. The summed E-state index contributed by atoms with van der Waals surface area (Å²) in [7, 11) is 0. The van der Waals surface area contributed by atoms with Gasteiger partial charge in [-0.15, -0.1) is 0 Å². The van der Waals surface area contributed by atoms with Crippen molar-refractivity contribution in [3.8, 4) is 0 Å². The maximum Gasteiger partial charge on any atom is 0.257 e. The minimum absolute atomic E-state index is 0.0826. The normalized spacial score (nSPS) is 20.1. The minimum atomic E-state index is -0.421. The third kappa shape index (κ3) is 3.48. The highest BCUT2D eigenvalue weighted by molar-refractivity contribution is 5.94. The molecule has 2 heterocycles. The van der Waals surface area contributed by atoms with Gasteiger partial charge >= 0.3 is 0 Å². The summed E-state index contributed by atoms with van der Waals surface area (Å²) in [6, 6.07) is 10.9. The summed E-state index contributed by atoms with van der Waals surface area (Å²) in [5.41, 5.74) is 2.23. The first-order valence-corrected chi connectivity index (χ1v) is 9.04. The number of hydrogen-bond donors (Lipinski definition) is 3. The largest absolute Gasteiger partial charge is 0.393 e. The van der Waals surface area contributed by atoms with E-state index in [0.29, 0.717) is 18.5 Å². The number of amides is 1. The summed E-state index contributed by atoms with van der Waals surface area (Å²) in [6.07, 6.45) is 4.09. The Morgan fingerprint density at radius 1 is 1.30 bits per heavy atom. The number of carbonyl (C=O) groups is 1. The van der Waals surface area contributed by atoms with Crippen LogP contribution in [0.25, 0.3) is 10.9 Å². The molecule has 1 aromatic carbocycles. The van der Waals surface area contributed by atoms with Crippen LogP contribution in [0.4, 0.5) is 0 Å². The Bertz CT molecular complexity index is 1050. The van der Waals surface area contributed by atoms with Gasteiger partial charge in [-0.1, -0.05) is 18.2 Å². The number of aliphatic hydroxyl groups excluding tert-OH is 1. The Morgan fingerprint density at radius 3 is 2.81 bits per heavy atom. The van der Waals surface area contributed by atoms with Crippen LogP contribution in [0.1, 0.15) is 40.5 Å². The van der Waals surface area contributed by atoms with E-state index in [2.05, 4.69) is 15.3 Å². The molecular formula is C21H21N3O3. The molecule has 0 spiro atoms. The summed E-state index contributed by atoms with van der Waals surface area (Å²) in [6.45, 7) is 1.77. The summed E-state index contributed by atoms with van der Waals surface area (Å²) in [4.78, 5) is 32.3. The second-order valence-corrected chi connectivity index (χ2v) is 7.19. The molecule has 0 saturated heterocycles. The number of pyridine rings is 2. The van der Waals surface area contributed by atoms with Crippen molar-refractivity contribution in [3.05, 3.63) is 75.8 Å². The summed E-state index contributed by atoms with van der Waals surface area (Å²) < 4.78 is 0. The summed E-state index contributed by atoms with van der Waals surface area (Å²) in [5.74, 6) is -0.313. The molecule has 1 aliphatic rings. The topological polar surface area (TPSA) is 95.1 Å². The summed E-state index contributed by atoms with van der Waals surface area (Å²) >= 11 is 0. The van der Waals surface area contributed by atoms with E-state index in [1.165, 1.54) is 12.3 Å². The third-order valence-electron chi connectivity index (χ3n) is 5.18. The van der Waals surface area contributed by atoms with Gasteiger partial charge in [0.2, 0.25) is 0 Å². The predicted octanol–water partition coefficient (Wildman–Crippen LogP) is 2.47. The number of benzene rings is 1. The number of carbonyl (C=O) groups excluding carboxylic acids is 1. The Morgan fingerprint density at radius 2 is 2.07 bits per heavy atom. The Kier molecular flexibility index (Phi) is 4.49. The lowest BCUT2D eigenvalue weighted by atomic mass is 9.75. The highest BCUT2D eigenvalue weighted by Gasteiger charge is 2.36. The standard InChI is InChI=1S/C21H21N3O3/c1-12-6-19(26)17(11-22-12)21(27)24-20(14-8-16(25)9-14)15-7-13-4-2-3-5-18(13)23-10-15/h2-7,10-11,14,16,20,25H,8-9H2,1H3,(H,22,26)(H,24,27)/t14?,16?,20-/m1/s1. The number of hydrogen-bond acceptors (Lipinski definition) is 4. The van der Waals surface area contributed by atoms with Crippen LogP contribution >= 0.6 is 0 Å². The molecule has 27 heavy (non-hydrogen) atoms. The number of aromatic nitrogens is 2. The van der Waals surface area contributed by atoms with Crippen molar-refractivity contribution < 1.29 is 9.90 Å². The predicted molar refractivity (Wildman–Crippen MR) is 102 cm³/mol. The van der Waals surface area contributed by atoms with Crippen LogP contribution in [0.15, 0.2) is 53.6 Å². The van der Waals surface area contributed by atoms with Crippen molar-refractivity contribution in [2.75, 3.05) is 0 Å². The maximum absolute atomic E-state index is 12.7. The number of nitrogens with one attached hydrogen (secondary N) is 2. The highest BCUT2D eigenvalue weighted by atomic mass is 16.3. The molecule has 0 aliphatic heterocycles. The first-order valence-electron chi connectivity index (χ1n) is 9.04. The number of aromatic amines is 1. The molecule has 0 radical (unpaired) electrons. The summed E-state index contributed by atoms with van der Waals surface area (Å²) in [5, 5.41) is 13.7. The van der Waals surface area contributed by atoms with Crippen LogP contribution in [0.5, 0.6) is 0 Å². The van der Waals surface area contributed by atoms with Crippen molar-refractivity contribution in [3.63, 3.8) is 0 Å². The first-order chi connectivity index (χ1) is 13.0.